The first-order valence-corrected chi connectivity index (χ1v) is 11.1. The third kappa shape index (κ3) is 4.15. The summed E-state index contributed by atoms with van der Waals surface area (Å²) in [5.41, 5.74) is 4.59. The molecule has 0 aliphatic heterocycles. The number of aromatic nitrogens is 1. The predicted octanol–water partition coefficient (Wildman–Crippen LogP) is 6.57. The number of ether oxygens (including phenoxy) is 1. The first-order valence-electron chi connectivity index (χ1n) is 11.1. The zero-order valence-corrected chi connectivity index (χ0v) is 17.6. The van der Waals surface area contributed by atoms with E-state index in [4.69, 9.17) is 4.74 Å². The number of carboxylic acids is 1. The van der Waals surface area contributed by atoms with Crippen molar-refractivity contribution in [3.05, 3.63) is 77.5 Å². The highest BCUT2D eigenvalue weighted by molar-refractivity contribution is 5.87. The summed E-state index contributed by atoms with van der Waals surface area (Å²) >= 11 is 0. The Morgan fingerprint density at radius 2 is 1.87 bits per heavy atom. The van der Waals surface area contributed by atoms with Crippen LogP contribution in [0.15, 0.2) is 60.7 Å². The van der Waals surface area contributed by atoms with Gasteiger partial charge in [-0.25, -0.2) is 0 Å². The van der Waals surface area contributed by atoms with Gasteiger partial charge in [0, 0.05) is 22.7 Å². The smallest absolute Gasteiger partial charge is 0.303 e. The number of fused-ring (bicyclic) bond motifs is 4. The molecule has 158 valence electrons. The fourth-order valence-corrected chi connectivity index (χ4v) is 4.93. The number of rotatable bonds is 5. The van der Waals surface area contributed by atoms with Gasteiger partial charge >= 0.3 is 5.97 Å². The number of aromatic amines is 1. The molecule has 0 saturated heterocycles. The van der Waals surface area contributed by atoms with E-state index in [-0.39, 0.29) is 12.3 Å². The van der Waals surface area contributed by atoms with E-state index in [0.717, 1.165) is 54.3 Å². The minimum atomic E-state index is -0.721. The van der Waals surface area contributed by atoms with Gasteiger partial charge in [-0.2, -0.15) is 0 Å². The van der Waals surface area contributed by atoms with E-state index >= 15 is 0 Å². The van der Waals surface area contributed by atoms with Crippen molar-refractivity contribution in [1.82, 2.24) is 4.98 Å². The number of aliphatic carboxylic acids is 1. The molecule has 0 radical (unpaired) electrons. The van der Waals surface area contributed by atoms with Gasteiger partial charge in [0.15, 0.2) is 0 Å². The summed E-state index contributed by atoms with van der Waals surface area (Å²) in [7, 11) is 0. The van der Waals surface area contributed by atoms with Crippen LogP contribution in [0.1, 0.15) is 54.8 Å². The standard InChI is InChI=1S/C27H27NO3/c29-26(30)15-21-8-2-1-3-9-24-27(21)23-13-12-22(16-25(23)28-24)31-17-18-10-11-19-6-4-5-7-20(19)14-18/h4-7,10-14,16,21,28H,1-3,8-9,15,17H2,(H,29,30). The van der Waals surface area contributed by atoms with Gasteiger partial charge in [-0.3, -0.25) is 4.79 Å². The molecule has 1 aliphatic carbocycles. The van der Waals surface area contributed by atoms with Crippen LogP contribution in [0.5, 0.6) is 5.75 Å². The Kier molecular flexibility index (Phi) is 5.37. The second-order valence-electron chi connectivity index (χ2n) is 8.59. The molecule has 1 heterocycles. The van der Waals surface area contributed by atoms with Crippen molar-refractivity contribution in [2.45, 2.75) is 51.0 Å². The maximum Gasteiger partial charge on any atom is 0.303 e. The van der Waals surface area contributed by atoms with Crippen molar-refractivity contribution in [2.24, 2.45) is 0 Å². The summed E-state index contributed by atoms with van der Waals surface area (Å²) in [6, 6.07) is 20.9. The summed E-state index contributed by atoms with van der Waals surface area (Å²) < 4.78 is 6.11. The zero-order valence-electron chi connectivity index (χ0n) is 17.6. The average molecular weight is 414 g/mol. The van der Waals surface area contributed by atoms with Crippen LogP contribution in [0, 0.1) is 0 Å². The third-order valence-corrected chi connectivity index (χ3v) is 6.42. The summed E-state index contributed by atoms with van der Waals surface area (Å²) in [5, 5.41) is 13.0. The molecule has 1 unspecified atom stereocenters. The third-order valence-electron chi connectivity index (χ3n) is 6.42. The Morgan fingerprint density at radius 3 is 2.74 bits per heavy atom. The Bertz CT molecular complexity index is 1240. The lowest BCUT2D eigenvalue weighted by atomic mass is 9.85. The van der Waals surface area contributed by atoms with Crippen LogP contribution in [0.2, 0.25) is 0 Å². The summed E-state index contributed by atoms with van der Waals surface area (Å²) in [6.45, 7) is 0.512. The van der Waals surface area contributed by atoms with Gasteiger partial charge in [-0.15, -0.1) is 0 Å². The van der Waals surface area contributed by atoms with E-state index in [2.05, 4.69) is 59.6 Å². The number of hydrogen-bond acceptors (Lipinski definition) is 2. The highest BCUT2D eigenvalue weighted by Gasteiger charge is 2.24. The van der Waals surface area contributed by atoms with Crippen molar-refractivity contribution in [2.75, 3.05) is 0 Å². The molecule has 1 aliphatic rings. The van der Waals surface area contributed by atoms with Gasteiger partial charge in [0.2, 0.25) is 0 Å². The molecule has 4 heteroatoms. The van der Waals surface area contributed by atoms with Crippen LogP contribution in [-0.4, -0.2) is 16.1 Å². The largest absolute Gasteiger partial charge is 0.489 e. The monoisotopic (exact) mass is 413 g/mol. The summed E-state index contributed by atoms with van der Waals surface area (Å²) in [4.78, 5) is 15.0. The van der Waals surface area contributed by atoms with Crippen molar-refractivity contribution < 1.29 is 14.6 Å². The number of aryl methyl sites for hydroxylation is 1. The first-order chi connectivity index (χ1) is 15.2. The molecule has 5 rings (SSSR count). The van der Waals surface area contributed by atoms with Crippen molar-refractivity contribution in [3.63, 3.8) is 0 Å². The van der Waals surface area contributed by atoms with Gasteiger partial charge < -0.3 is 14.8 Å². The summed E-state index contributed by atoms with van der Waals surface area (Å²) in [5.74, 6) is 0.178. The van der Waals surface area contributed by atoms with E-state index in [1.165, 1.54) is 22.0 Å². The van der Waals surface area contributed by atoms with Gasteiger partial charge in [-0.05, 0) is 65.3 Å². The van der Waals surface area contributed by atoms with Crippen LogP contribution >= 0.6 is 0 Å². The average Bonchev–Trinajstić information content (AvgIpc) is 3.11. The Balaban J connectivity index is 1.41. The van der Waals surface area contributed by atoms with Crippen molar-refractivity contribution >= 4 is 27.6 Å². The van der Waals surface area contributed by atoms with E-state index in [1.807, 2.05) is 6.07 Å². The van der Waals surface area contributed by atoms with Gasteiger partial charge in [0.25, 0.3) is 0 Å². The Morgan fingerprint density at radius 1 is 1.00 bits per heavy atom. The van der Waals surface area contributed by atoms with Crippen LogP contribution in [0.25, 0.3) is 21.7 Å². The molecule has 0 spiro atoms. The maximum atomic E-state index is 11.5. The lowest BCUT2D eigenvalue weighted by molar-refractivity contribution is -0.137. The molecule has 0 fully saturated rings. The minimum absolute atomic E-state index is 0.0749. The number of carboxylic acid groups (broad SMARTS) is 1. The zero-order chi connectivity index (χ0) is 21.2. The second-order valence-corrected chi connectivity index (χ2v) is 8.59. The normalized spacial score (nSPS) is 16.6. The first kappa shape index (κ1) is 19.7. The number of benzene rings is 3. The molecule has 3 aromatic carbocycles. The molecule has 4 nitrogen and oxygen atoms in total. The Labute approximate surface area is 181 Å². The van der Waals surface area contributed by atoms with E-state index in [9.17, 15) is 9.90 Å². The second kappa shape index (κ2) is 8.46. The van der Waals surface area contributed by atoms with Crippen LogP contribution in [0.3, 0.4) is 0 Å². The maximum absolute atomic E-state index is 11.5. The van der Waals surface area contributed by atoms with E-state index in [0.29, 0.717) is 6.61 Å². The van der Waals surface area contributed by atoms with Gasteiger partial charge in [-0.1, -0.05) is 49.2 Å². The summed E-state index contributed by atoms with van der Waals surface area (Å²) in [6.07, 6.45) is 5.51. The molecule has 0 bridgehead atoms. The SMILES string of the molecule is O=C(O)CC1CCCCCc2[nH]c3cc(OCc4ccc5ccccc5c4)ccc3c21. The molecule has 0 amide bonds. The number of hydrogen-bond donors (Lipinski definition) is 2. The fraction of sp³-hybridized carbons (Fsp3) is 0.296. The van der Waals surface area contributed by atoms with Gasteiger partial charge in [0.05, 0.1) is 6.42 Å². The van der Waals surface area contributed by atoms with Gasteiger partial charge in [0.1, 0.15) is 12.4 Å². The number of carbonyl (C=O) groups is 1. The fourth-order valence-electron chi connectivity index (χ4n) is 4.93. The molecular weight excluding hydrogens is 386 g/mol. The molecule has 4 aromatic rings. The quantitative estimate of drug-likeness (QED) is 0.389. The molecule has 1 atom stereocenters. The van der Waals surface area contributed by atoms with Crippen LogP contribution < -0.4 is 4.74 Å². The molecule has 1 aromatic heterocycles. The van der Waals surface area contributed by atoms with E-state index in [1.54, 1.807) is 0 Å². The Hall–Kier alpha value is -3.27. The molecule has 0 saturated carbocycles. The van der Waals surface area contributed by atoms with Crippen LogP contribution in [0.4, 0.5) is 0 Å². The van der Waals surface area contributed by atoms with Crippen LogP contribution in [-0.2, 0) is 17.8 Å². The lowest BCUT2D eigenvalue weighted by Gasteiger charge is -2.19. The molecule has 2 N–H and O–H groups in total. The van der Waals surface area contributed by atoms with E-state index < -0.39 is 5.97 Å². The predicted molar refractivity (Wildman–Crippen MR) is 124 cm³/mol. The minimum Gasteiger partial charge on any atom is -0.489 e. The number of H-pyrrole nitrogens is 1. The van der Waals surface area contributed by atoms with Crippen molar-refractivity contribution in [3.8, 4) is 5.75 Å². The topological polar surface area (TPSA) is 62.3 Å². The molecule has 31 heavy (non-hydrogen) atoms. The highest BCUT2D eigenvalue weighted by atomic mass is 16.5. The highest BCUT2D eigenvalue weighted by Crippen LogP contribution is 2.38. The van der Waals surface area contributed by atoms with Crippen molar-refractivity contribution in [1.29, 1.82) is 0 Å². The molecular formula is C27H27NO3. The number of nitrogens with one attached hydrogen (secondary N) is 1. The lowest BCUT2D eigenvalue weighted by Crippen LogP contribution is -2.10.